The quantitative estimate of drug-likeness (QED) is 0.645. The lowest BCUT2D eigenvalue weighted by atomic mass is 10.2. The Morgan fingerprint density at radius 2 is 1.86 bits per heavy atom. The molecule has 0 radical (unpaired) electrons. The van der Waals surface area contributed by atoms with Gasteiger partial charge in [0.15, 0.2) is 0 Å². The molecule has 21 heavy (non-hydrogen) atoms. The lowest BCUT2D eigenvalue weighted by Gasteiger charge is -2.13. The highest BCUT2D eigenvalue weighted by molar-refractivity contribution is 5.73. The topological polar surface area (TPSA) is 80.0 Å². The van der Waals surface area contributed by atoms with Gasteiger partial charge in [-0.1, -0.05) is 0 Å². The fourth-order valence-corrected chi connectivity index (χ4v) is 1.70. The van der Waals surface area contributed by atoms with E-state index in [2.05, 4.69) is 15.6 Å². The zero-order valence-electron chi connectivity index (χ0n) is 11.8. The number of aromatic nitrogens is 1. The summed E-state index contributed by atoms with van der Waals surface area (Å²) in [6.07, 6.45) is -2.95. The molecule has 4 N–H and O–H groups in total. The Morgan fingerprint density at radius 1 is 1.24 bits per heavy atom. The molecular weight excluding hydrogens is 285 g/mol. The normalized spacial score (nSPS) is 11.2. The molecule has 0 unspecified atom stereocenters. The van der Waals surface area contributed by atoms with Crippen molar-refractivity contribution < 1.29 is 18.0 Å². The van der Waals surface area contributed by atoms with Crippen molar-refractivity contribution in [2.45, 2.75) is 32.4 Å². The van der Waals surface area contributed by atoms with Crippen LogP contribution >= 0.6 is 0 Å². The number of nitrogens with one attached hydrogen (secondary N) is 2. The molecule has 0 bridgehead atoms. The van der Waals surface area contributed by atoms with Crippen molar-refractivity contribution >= 4 is 17.5 Å². The maximum absolute atomic E-state index is 12.8. The number of nitrogens with zero attached hydrogens (tertiary/aromatic N) is 1. The number of primary amides is 1. The van der Waals surface area contributed by atoms with Crippen LogP contribution in [0.2, 0.25) is 0 Å². The van der Waals surface area contributed by atoms with E-state index in [9.17, 15) is 18.0 Å². The van der Waals surface area contributed by atoms with E-state index in [0.29, 0.717) is 25.9 Å². The van der Waals surface area contributed by atoms with Gasteiger partial charge in [-0.2, -0.15) is 13.2 Å². The molecule has 0 spiro atoms. The summed E-state index contributed by atoms with van der Waals surface area (Å²) in [7, 11) is 0. The number of nitrogens with two attached hydrogens (primary N) is 1. The standard InChI is InChI=1S/C13H19F3N4O/c1-2-18-11-7-9(13(14,15)16)8-12(20-11)19-6-4-3-5-10(17)21/h7-8H,2-6H2,1H3,(H2,17,21)(H2,18,19,20). The Kier molecular flexibility index (Phi) is 6.26. The third-order valence-corrected chi connectivity index (χ3v) is 2.67. The van der Waals surface area contributed by atoms with E-state index in [-0.39, 0.29) is 24.0 Å². The number of hydrogen-bond acceptors (Lipinski definition) is 4. The van der Waals surface area contributed by atoms with Gasteiger partial charge in [0.25, 0.3) is 0 Å². The van der Waals surface area contributed by atoms with E-state index in [0.717, 1.165) is 12.1 Å². The van der Waals surface area contributed by atoms with Gasteiger partial charge in [0, 0.05) is 19.5 Å². The molecule has 0 saturated carbocycles. The molecule has 1 aromatic rings. The van der Waals surface area contributed by atoms with E-state index in [4.69, 9.17) is 5.73 Å². The first-order valence-corrected chi connectivity index (χ1v) is 6.68. The zero-order valence-corrected chi connectivity index (χ0v) is 11.8. The average molecular weight is 304 g/mol. The van der Waals surface area contributed by atoms with Crippen LogP contribution in [0.15, 0.2) is 12.1 Å². The fraction of sp³-hybridized carbons (Fsp3) is 0.538. The predicted octanol–water partition coefficient (Wildman–Crippen LogP) is 2.60. The maximum Gasteiger partial charge on any atom is 0.416 e. The van der Waals surface area contributed by atoms with Gasteiger partial charge in [0.2, 0.25) is 5.91 Å². The molecule has 1 amide bonds. The van der Waals surface area contributed by atoms with Gasteiger partial charge in [0.05, 0.1) is 5.56 Å². The first-order valence-electron chi connectivity index (χ1n) is 6.68. The van der Waals surface area contributed by atoms with Gasteiger partial charge in [0.1, 0.15) is 11.6 Å². The van der Waals surface area contributed by atoms with E-state index in [1.165, 1.54) is 0 Å². The summed E-state index contributed by atoms with van der Waals surface area (Å²) < 4.78 is 38.4. The average Bonchev–Trinajstić information content (AvgIpc) is 2.37. The fourth-order valence-electron chi connectivity index (χ4n) is 1.70. The lowest BCUT2D eigenvalue weighted by Crippen LogP contribution is -2.12. The van der Waals surface area contributed by atoms with Crippen molar-refractivity contribution in [1.82, 2.24) is 4.98 Å². The van der Waals surface area contributed by atoms with Crippen molar-refractivity contribution in [2.24, 2.45) is 5.73 Å². The second-order valence-electron chi connectivity index (χ2n) is 4.50. The smallest absolute Gasteiger partial charge is 0.370 e. The summed E-state index contributed by atoms with van der Waals surface area (Å²) in [6.45, 7) is 2.68. The minimum Gasteiger partial charge on any atom is -0.370 e. The van der Waals surface area contributed by atoms with Crippen molar-refractivity contribution in [3.8, 4) is 0 Å². The van der Waals surface area contributed by atoms with Gasteiger partial charge in [-0.15, -0.1) is 0 Å². The molecule has 0 atom stereocenters. The third-order valence-electron chi connectivity index (χ3n) is 2.67. The highest BCUT2D eigenvalue weighted by atomic mass is 19.4. The number of halogens is 3. The zero-order chi connectivity index (χ0) is 15.9. The Hall–Kier alpha value is -1.99. The molecule has 118 valence electrons. The largest absolute Gasteiger partial charge is 0.416 e. The van der Waals surface area contributed by atoms with Crippen LogP contribution in [0.3, 0.4) is 0 Å². The lowest BCUT2D eigenvalue weighted by molar-refractivity contribution is -0.137. The number of anilines is 2. The number of unbranched alkanes of at least 4 members (excludes halogenated alkanes) is 1. The van der Waals surface area contributed by atoms with Crippen LogP contribution in [0.4, 0.5) is 24.8 Å². The second-order valence-corrected chi connectivity index (χ2v) is 4.50. The summed E-state index contributed by atoms with van der Waals surface area (Å²) in [5.41, 5.74) is 4.25. The SMILES string of the molecule is CCNc1cc(C(F)(F)F)cc(NCCCCC(N)=O)n1. The minimum atomic E-state index is -4.42. The van der Waals surface area contributed by atoms with Crippen molar-refractivity contribution in [3.63, 3.8) is 0 Å². The Balaban J connectivity index is 2.67. The number of hydrogen-bond donors (Lipinski definition) is 3. The van der Waals surface area contributed by atoms with Crippen LogP contribution in [0.25, 0.3) is 0 Å². The van der Waals surface area contributed by atoms with Gasteiger partial charge >= 0.3 is 6.18 Å². The molecule has 0 aliphatic heterocycles. The van der Waals surface area contributed by atoms with Crippen molar-refractivity contribution in [3.05, 3.63) is 17.7 Å². The number of carbonyl (C=O) groups excluding carboxylic acids is 1. The molecule has 1 rings (SSSR count). The number of alkyl halides is 3. The van der Waals surface area contributed by atoms with E-state index in [1.54, 1.807) is 6.92 Å². The summed E-state index contributed by atoms with van der Waals surface area (Å²) in [5.74, 6) is -0.0616. The molecule has 0 aliphatic rings. The first kappa shape index (κ1) is 17.1. The summed E-state index contributed by atoms with van der Waals surface area (Å²) >= 11 is 0. The van der Waals surface area contributed by atoms with Crippen molar-refractivity contribution in [1.29, 1.82) is 0 Å². The maximum atomic E-state index is 12.8. The minimum absolute atomic E-state index is 0.153. The van der Waals surface area contributed by atoms with Crippen LogP contribution in [0, 0.1) is 0 Å². The van der Waals surface area contributed by atoms with Crippen LogP contribution < -0.4 is 16.4 Å². The van der Waals surface area contributed by atoms with Crippen LogP contribution in [0.5, 0.6) is 0 Å². The number of pyridine rings is 1. The summed E-state index contributed by atoms with van der Waals surface area (Å²) in [6, 6.07) is 1.94. The Morgan fingerprint density at radius 3 is 2.38 bits per heavy atom. The summed E-state index contributed by atoms with van der Waals surface area (Å²) in [4.78, 5) is 14.6. The number of carbonyl (C=O) groups is 1. The van der Waals surface area contributed by atoms with Gasteiger partial charge < -0.3 is 16.4 Å². The summed E-state index contributed by atoms with van der Waals surface area (Å²) in [5, 5.41) is 5.59. The van der Waals surface area contributed by atoms with E-state index < -0.39 is 11.7 Å². The molecule has 0 fully saturated rings. The molecule has 1 heterocycles. The molecular formula is C13H19F3N4O. The molecule has 0 saturated heterocycles. The molecule has 8 heteroatoms. The second kappa shape index (κ2) is 7.70. The monoisotopic (exact) mass is 304 g/mol. The Labute approximate surface area is 121 Å². The van der Waals surface area contributed by atoms with Crippen LogP contribution in [-0.2, 0) is 11.0 Å². The molecule has 0 aliphatic carbocycles. The molecule has 1 aromatic heterocycles. The van der Waals surface area contributed by atoms with Gasteiger partial charge in [-0.3, -0.25) is 4.79 Å². The Bertz CT molecular complexity index is 477. The van der Waals surface area contributed by atoms with Crippen molar-refractivity contribution in [2.75, 3.05) is 23.7 Å². The molecule has 0 aromatic carbocycles. The van der Waals surface area contributed by atoms with Crippen LogP contribution in [0.1, 0.15) is 31.7 Å². The van der Waals surface area contributed by atoms with E-state index >= 15 is 0 Å². The van der Waals surface area contributed by atoms with Gasteiger partial charge in [-0.05, 0) is 31.9 Å². The highest BCUT2D eigenvalue weighted by Crippen LogP contribution is 2.32. The predicted molar refractivity (Wildman–Crippen MR) is 74.9 cm³/mol. The number of rotatable bonds is 8. The first-order chi connectivity index (χ1) is 9.82. The van der Waals surface area contributed by atoms with E-state index in [1.807, 2.05) is 0 Å². The number of amides is 1. The molecule has 5 nitrogen and oxygen atoms in total. The van der Waals surface area contributed by atoms with Gasteiger partial charge in [-0.25, -0.2) is 4.98 Å². The van der Waals surface area contributed by atoms with Crippen LogP contribution in [-0.4, -0.2) is 24.0 Å². The third kappa shape index (κ3) is 6.33. The highest BCUT2D eigenvalue weighted by Gasteiger charge is 2.31.